The number of anilines is 1. The maximum atomic E-state index is 12.9. The summed E-state index contributed by atoms with van der Waals surface area (Å²) >= 11 is 0. The van der Waals surface area contributed by atoms with Gasteiger partial charge >= 0.3 is 6.18 Å². The van der Waals surface area contributed by atoms with Crippen LogP contribution in [0.25, 0.3) is 22.4 Å². The Hall–Kier alpha value is -2.89. The van der Waals surface area contributed by atoms with E-state index in [1.54, 1.807) is 23.7 Å². The van der Waals surface area contributed by atoms with Gasteiger partial charge in [0.1, 0.15) is 5.82 Å². The number of aromatic hydroxyl groups is 1. The van der Waals surface area contributed by atoms with Crippen LogP contribution in [0.4, 0.5) is 19.0 Å². The van der Waals surface area contributed by atoms with Gasteiger partial charge in [-0.05, 0) is 17.7 Å². The molecule has 0 aliphatic carbocycles. The molecule has 0 radical (unpaired) electrons. The van der Waals surface area contributed by atoms with E-state index >= 15 is 0 Å². The second-order valence-corrected chi connectivity index (χ2v) is 5.46. The first-order chi connectivity index (χ1) is 11.3. The molecule has 0 saturated heterocycles. The summed E-state index contributed by atoms with van der Waals surface area (Å²) in [6.45, 7) is 0. The maximum Gasteiger partial charge on any atom is 0.416 e. The predicted molar refractivity (Wildman–Crippen MR) is 87.4 cm³/mol. The molecule has 3 aromatic rings. The number of hydrogen-bond acceptors (Lipinski definition) is 2. The predicted octanol–water partition coefficient (Wildman–Crippen LogP) is 4.67. The minimum Gasteiger partial charge on any atom is -0.505 e. The number of nitrogens with zero attached hydrogens (tertiary/aromatic N) is 1. The van der Waals surface area contributed by atoms with Gasteiger partial charge in [0.2, 0.25) is 0 Å². The molecule has 0 spiro atoms. The van der Waals surface area contributed by atoms with E-state index in [9.17, 15) is 18.3 Å². The summed E-state index contributed by atoms with van der Waals surface area (Å²) in [6, 6.07) is 13.8. The Bertz CT molecular complexity index is 883. The number of nitrogen functional groups attached to an aromatic ring is 1. The zero-order valence-electron chi connectivity index (χ0n) is 12.8. The molecule has 3 nitrogen and oxygen atoms in total. The van der Waals surface area contributed by atoms with Crippen molar-refractivity contribution >= 4 is 5.82 Å². The fraction of sp³-hybridized carbons (Fsp3) is 0.111. The Kier molecular flexibility index (Phi) is 3.75. The van der Waals surface area contributed by atoms with Gasteiger partial charge in [0.05, 0.1) is 16.8 Å². The molecule has 0 bridgehead atoms. The van der Waals surface area contributed by atoms with Crippen molar-refractivity contribution in [3.8, 4) is 28.1 Å². The molecule has 3 N–H and O–H groups in total. The van der Waals surface area contributed by atoms with Crippen molar-refractivity contribution < 1.29 is 18.3 Å². The largest absolute Gasteiger partial charge is 0.505 e. The third-order valence-corrected chi connectivity index (χ3v) is 3.94. The zero-order chi connectivity index (χ0) is 17.5. The topological polar surface area (TPSA) is 51.2 Å². The lowest BCUT2D eigenvalue weighted by Crippen LogP contribution is -2.04. The van der Waals surface area contributed by atoms with Gasteiger partial charge in [-0.2, -0.15) is 13.2 Å². The molecule has 0 aliphatic heterocycles. The third kappa shape index (κ3) is 2.60. The summed E-state index contributed by atoms with van der Waals surface area (Å²) in [6.07, 6.45) is -4.46. The van der Waals surface area contributed by atoms with Crippen molar-refractivity contribution in [2.24, 2.45) is 7.05 Å². The third-order valence-electron chi connectivity index (χ3n) is 3.94. The first-order valence-corrected chi connectivity index (χ1v) is 7.21. The first kappa shape index (κ1) is 16.0. The van der Waals surface area contributed by atoms with Crippen molar-refractivity contribution in [1.82, 2.24) is 4.57 Å². The molecule has 0 atom stereocenters. The highest BCUT2D eigenvalue weighted by Crippen LogP contribution is 2.45. The molecule has 1 aromatic heterocycles. The van der Waals surface area contributed by atoms with Crippen molar-refractivity contribution in [3.63, 3.8) is 0 Å². The number of nitrogens with two attached hydrogens (primary N) is 1. The molecule has 0 unspecified atom stereocenters. The maximum absolute atomic E-state index is 12.9. The van der Waals surface area contributed by atoms with Gasteiger partial charge in [-0.25, -0.2) is 0 Å². The molecule has 1 heterocycles. The zero-order valence-corrected chi connectivity index (χ0v) is 12.8. The normalized spacial score (nSPS) is 11.7. The van der Waals surface area contributed by atoms with Gasteiger partial charge in [0, 0.05) is 12.6 Å². The highest BCUT2D eigenvalue weighted by atomic mass is 19.4. The number of rotatable bonds is 2. The summed E-state index contributed by atoms with van der Waals surface area (Å²) < 4.78 is 40.4. The summed E-state index contributed by atoms with van der Waals surface area (Å²) in [5.41, 5.74) is 6.87. The quantitative estimate of drug-likeness (QED) is 0.717. The van der Waals surface area contributed by atoms with Gasteiger partial charge in [-0.3, -0.25) is 0 Å². The fourth-order valence-corrected chi connectivity index (χ4v) is 2.75. The molecule has 2 aromatic carbocycles. The smallest absolute Gasteiger partial charge is 0.416 e. The second kappa shape index (κ2) is 5.63. The van der Waals surface area contributed by atoms with Crippen molar-refractivity contribution in [3.05, 3.63) is 60.2 Å². The van der Waals surface area contributed by atoms with Crippen LogP contribution in [0, 0.1) is 0 Å². The van der Waals surface area contributed by atoms with Crippen LogP contribution in [0.2, 0.25) is 0 Å². The molecule has 124 valence electrons. The van der Waals surface area contributed by atoms with Crippen LogP contribution < -0.4 is 5.73 Å². The highest BCUT2D eigenvalue weighted by molar-refractivity contribution is 5.89. The minimum atomic E-state index is -4.46. The average molecular weight is 332 g/mol. The molecule has 24 heavy (non-hydrogen) atoms. The van der Waals surface area contributed by atoms with Crippen molar-refractivity contribution in [2.75, 3.05) is 5.73 Å². The molecule has 0 fully saturated rings. The monoisotopic (exact) mass is 332 g/mol. The van der Waals surface area contributed by atoms with Crippen molar-refractivity contribution in [2.45, 2.75) is 6.18 Å². The SMILES string of the molecule is Cn1c(N)c(-c2cccc(C(F)(F)F)c2)c(O)c1-c1ccccc1. The molecular weight excluding hydrogens is 317 g/mol. The van der Waals surface area contributed by atoms with E-state index in [4.69, 9.17) is 5.73 Å². The lowest BCUT2D eigenvalue weighted by Gasteiger charge is -2.09. The van der Waals surface area contributed by atoms with Crippen LogP contribution in [0.3, 0.4) is 0 Å². The Morgan fingerprint density at radius 2 is 1.58 bits per heavy atom. The number of alkyl halides is 3. The lowest BCUT2D eigenvalue weighted by molar-refractivity contribution is -0.137. The summed E-state index contributed by atoms with van der Waals surface area (Å²) in [5, 5.41) is 10.6. The Morgan fingerprint density at radius 1 is 0.958 bits per heavy atom. The summed E-state index contributed by atoms with van der Waals surface area (Å²) in [5.74, 6) is 0.0613. The van der Waals surface area contributed by atoms with E-state index in [0.717, 1.165) is 17.7 Å². The standard InChI is InChI=1S/C18H15F3N2O/c1-23-15(11-6-3-2-4-7-11)16(24)14(17(23)22)12-8-5-9-13(10-12)18(19,20)21/h2-10,24H,22H2,1H3. The number of halogens is 3. The van der Waals surface area contributed by atoms with Crippen molar-refractivity contribution in [1.29, 1.82) is 0 Å². The van der Waals surface area contributed by atoms with E-state index in [-0.39, 0.29) is 22.7 Å². The lowest BCUT2D eigenvalue weighted by atomic mass is 10.0. The van der Waals surface area contributed by atoms with Gasteiger partial charge in [0.15, 0.2) is 5.75 Å². The van der Waals surface area contributed by atoms with Crippen LogP contribution in [0.15, 0.2) is 54.6 Å². The highest BCUT2D eigenvalue weighted by Gasteiger charge is 2.31. The average Bonchev–Trinajstić information content (AvgIpc) is 2.77. The Balaban J connectivity index is 2.21. The minimum absolute atomic E-state index is 0.138. The van der Waals surface area contributed by atoms with Crippen LogP contribution >= 0.6 is 0 Å². The van der Waals surface area contributed by atoms with Crippen LogP contribution in [0.5, 0.6) is 5.75 Å². The van der Waals surface area contributed by atoms with E-state index in [2.05, 4.69) is 0 Å². The van der Waals surface area contributed by atoms with Gasteiger partial charge < -0.3 is 15.4 Å². The number of aromatic nitrogens is 1. The first-order valence-electron chi connectivity index (χ1n) is 7.21. The van der Waals surface area contributed by atoms with Crippen LogP contribution in [-0.4, -0.2) is 9.67 Å². The van der Waals surface area contributed by atoms with Crippen LogP contribution in [-0.2, 0) is 13.2 Å². The van der Waals surface area contributed by atoms with Gasteiger partial charge in [-0.1, -0.05) is 42.5 Å². The van der Waals surface area contributed by atoms with E-state index in [1.165, 1.54) is 12.1 Å². The summed E-state index contributed by atoms with van der Waals surface area (Å²) in [7, 11) is 1.66. The van der Waals surface area contributed by atoms with Crippen LogP contribution in [0.1, 0.15) is 5.56 Å². The second-order valence-electron chi connectivity index (χ2n) is 5.46. The van der Waals surface area contributed by atoms with E-state index in [1.807, 2.05) is 18.2 Å². The fourth-order valence-electron chi connectivity index (χ4n) is 2.75. The molecule has 0 saturated carbocycles. The Morgan fingerprint density at radius 3 is 2.21 bits per heavy atom. The Labute approximate surface area is 136 Å². The molecular formula is C18H15F3N2O. The van der Waals surface area contributed by atoms with Gasteiger partial charge in [0.25, 0.3) is 0 Å². The summed E-state index contributed by atoms with van der Waals surface area (Å²) in [4.78, 5) is 0. The molecule has 6 heteroatoms. The molecule has 0 amide bonds. The van der Waals surface area contributed by atoms with E-state index < -0.39 is 11.7 Å². The number of benzene rings is 2. The number of hydrogen-bond donors (Lipinski definition) is 2. The van der Waals surface area contributed by atoms with E-state index in [0.29, 0.717) is 5.69 Å². The molecule has 0 aliphatic rings. The van der Waals surface area contributed by atoms with Gasteiger partial charge in [-0.15, -0.1) is 0 Å². The molecule has 3 rings (SSSR count).